The summed E-state index contributed by atoms with van der Waals surface area (Å²) < 4.78 is 5.11. The number of ether oxygens (including phenoxy) is 1. The molecule has 148 valence electrons. The van der Waals surface area contributed by atoms with Crippen LogP contribution in [0, 0.1) is 25.2 Å². The second-order valence-electron chi connectivity index (χ2n) is 6.69. The van der Waals surface area contributed by atoms with Gasteiger partial charge in [0, 0.05) is 51.3 Å². The molecule has 2 aromatic heterocycles. The van der Waals surface area contributed by atoms with E-state index in [-0.39, 0.29) is 17.0 Å². The second kappa shape index (κ2) is 10.4. The Morgan fingerprint density at radius 1 is 1.32 bits per heavy atom. The molecule has 2 heterocycles. The van der Waals surface area contributed by atoms with Gasteiger partial charge in [-0.2, -0.15) is 5.26 Å². The summed E-state index contributed by atoms with van der Waals surface area (Å²) >= 11 is 0. The highest BCUT2D eigenvalue weighted by atomic mass is 16.5. The normalized spacial score (nSPS) is 10.5. The van der Waals surface area contributed by atoms with E-state index < -0.39 is 0 Å². The molecule has 0 spiro atoms. The number of aromatic nitrogens is 2. The van der Waals surface area contributed by atoms with Gasteiger partial charge in [-0.15, -0.1) is 0 Å². The largest absolute Gasteiger partial charge is 0.385 e. The van der Waals surface area contributed by atoms with Crippen molar-refractivity contribution in [2.24, 2.45) is 0 Å². The molecule has 0 bridgehead atoms. The van der Waals surface area contributed by atoms with E-state index in [0.717, 1.165) is 17.5 Å². The zero-order valence-electron chi connectivity index (χ0n) is 16.6. The van der Waals surface area contributed by atoms with Gasteiger partial charge >= 0.3 is 0 Å². The van der Waals surface area contributed by atoms with Gasteiger partial charge in [0.25, 0.3) is 5.56 Å². The van der Waals surface area contributed by atoms with Crippen LogP contribution in [0.3, 0.4) is 0 Å². The van der Waals surface area contributed by atoms with Crippen LogP contribution in [0.1, 0.15) is 40.8 Å². The van der Waals surface area contributed by atoms with Crippen LogP contribution in [-0.4, -0.2) is 41.0 Å². The lowest BCUT2D eigenvalue weighted by Crippen LogP contribution is -2.32. The highest BCUT2D eigenvalue weighted by Gasteiger charge is 2.17. The van der Waals surface area contributed by atoms with E-state index >= 15 is 0 Å². The number of amides is 1. The summed E-state index contributed by atoms with van der Waals surface area (Å²) in [5.41, 5.74) is 2.95. The lowest BCUT2D eigenvalue weighted by Gasteiger charge is -2.23. The summed E-state index contributed by atoms with van der Waals surface area (Å²) in [4.78, 5) is 33.3. The number of methoxy groups -OCH3 is 1. The molecule has 1 N–H and O–H groups in total. The first-order valence-corrected chi connectivity index (χ1v) is 9.26. The summed E-state index contributed by atoms with van der Waals surface area (Å²) in [6.45, 7) is 5.25. The topological polar surface area (TPSA) is 99.1 Å². The van der Waals surface area contributed by atoms with Crippen LogP contribution in [0.15, 0.2) is 29.3 Å². The Labute approximate surface area is 165 Å². The van der Waals surface area contributed by atoms with E-state index in [1.807, 2.05) is 23.1 Å². The molecule has 2 aromatic rings. The van der Waals surface area contributed by atoms with Crippen molar-refractivity contribution < 1.29 is 9.53 Å². The van der Waals surface area contributed by atoms with Crippen LogP contribution in [0.25, 0.3) is 0 Å². The van der Waals surface area contributed by atoms with Gasteiger partial charge < -0.3 is 14.6 Å². The maximum absolute atomic E-state index is 12.9. The maximum atomic E-state index is 12.9. The number of carbonyl (C=O) groups excluding carboxylic acids is 1. The molecule has 1 amide bonds. The number of aromatic amines is 1. The smallest absolute Gasteiger partial charge is 0.266 e. The molecular weight excluding hydrogens is 356 g/mol. The first-order chi connectivity index (χ1) is 13.5. The lowest BCUT2D eigenvalue weighted by molar-refractivity contribution is -0.132. The minimum Gasteiger partial charge on any atom is -0.385 e. The third-order valence-corrected chi connectivity index (χ3v) is 4.76. The van der Waals surface area contributed by atoms with Crippen molar-refractivity contribution in [1.82, 2.24) is 14.9 Å². The SMILES string of the molecule is COCCCN(Cc1ccncc1)C(=O)CCc1c(C)[nH]c(=O)c(C#N)c1C. The van der Waals surface area contributed by atoms with E-state index in [1.165, 1.54) is 0 Å². The van der Waals surface area contributed by atoms with Crippen molar-refractivity contribution in [3.05, 3.63) is 62.8 Å². The zero-order chi connectivity index (χ0) is 20.5. The van der Waals surface area contributed by atoms with E-state index in [9.17, 15) is 14.9 Å². The van der Waals surface area contributed by atoms with Gasteiger partial charge in [0.05, 0.1) is 0 Å². The molecule has 0 aliphatic heterocycles. The van der Waals surface area contributed by atoms with Crippen molar-refractivity contribution in [3.8, 4) is 6.07 Å². The summed E-state index contributed by atoms with van der Waals surface area (Å²) in [7, 11) is 1.64. The number of hydrogen-bond acceptors (Lipinski definition) is 5. The number of rotatable bonds is 9. The van der Waals surface area contributed by atoms with Gasteiger partial charge in [-0.25, -0.2) is 0 Å². The molecule has 0 saturated carbocycles. The van der Waals surface area contributed by atoms with Crippen molar-refractivity contribution in [1.29, 1.82) is 5.26 Å². The first-order valence-electron chi connectivity index (χ1n) is 9.26. The van der Waals surface area contributed by atoms with Crippen LogP contribution in [-0.2, 0) is 22.5 Å². The zero-order valence-corrected chi connectivity index (χ0v) is 16.6. The molecule has 0 aliphatic rings. The van der Waals surface area contributed by atoms with Gasteiger partial charge in [0.1, 0.15) is 11.6 Å². The van der Waals surface area contributed by atoms with Crippen LogP contribution >= 0.6 is 0 Å². The molecule has 7 heteroatoms. The summed E-state index contributed by atoms with van der Waals surface area (Å²) in [6.07, 6.45) is 4.95. The fourth-order valence-electron chi connectivity index (χ4n) is 3.21. The number of aryl methyl sites for hydroxylation is 1. The monoisotopic (exact) mass is 382 g/mol. The lowest BCUT2D eigenvalue weighted by atomic mass is 9.99. The Balaban J connectivity index is 2.13. The molecule has 0 unspecified atom stereocenters. The maximum Gasteiger partial charge on any atom is 0.266 e. The van der Waals surface area contributed by atoms with Crippen LogP contribution < -0.4 is 5.56 Å². The molecule has 0 saturated heterocycles. The van der Waals surface area contributed by atoms with Crippen LogP contribution in [0.2, 0.25) is 0 Å². The summed E-state index contributed by atoms with van der Waals surface area (Å²) in [5.74, 6) is 0.0245. The van der Waals surface area contributed by atoms with E-state index in [4.69, 9.17) is 4.74 Å². The third kappa shape index (κ3) is 5.51. The third-order valence-electron chi connectivity index (χ3n) is 4.76. The van der Waals surface area contributed by atoms with E-state index in [2.05, 4.69) is 9.97 Å². The molecule has 28 heavy (non-hydrogen) atoms. The predicted octanol–water partition coefficient (Wildman–Crippen LogP) is 2.26. The Hall–Kier alpha value is -2.98. The standard InChI is InChI=1S/C21H26N4O3/c1-15-18(16(2)24-21(27)19(15)13-22)5-6-20(26)25(11-4-12-28-3)14-17-7-9-23-10-8-17/h7-10H,4-6,11-12,14H2,1-3H3,(H,24,27). The first kappa shape index (κ1) is 21.3. The van der Waals surface area contributed by atoms with Gasteiger partial charge in [0.2, 0.25) is 5.91 Å². The number of pyridine rings is 2. The average molecular weight is 382 g/mol. The van der Waals surface area contributed by atoms with Gasteiger partial charge in [-0.1, -0.05) is 0 Å². The number of H-pyrrole nitrogens is 1. The van der Waals surface area contributed by atoms with Crippen LogP contribution in [0.4, 0.5) is 0 Å². The fraction of sp³-hybridized carbons (Fsp3) is 0.429. The van der Waals surface area contributed by atoms with Crippen LogP contribution in [0.5, 0.6) is 0 Å². The molecule has 0 atom stereocenters. The number of nitriles is 1. The Kier molecular flexibility index (Phi) is 7.90. The molecule has 0 aliphatic carbocycles. The summed E-state index contributed by atoms with van der Waals surface area (Å²) in [6, 6.07) is 5.74. The molecule has 0 aromatic carbocycles. The summed E-state index contributed by atoms with van der Waals surface area (Å²) in [5, 5.41) is 9.20. The van der Waals surface area contributed by atoms with E-state index in [0.29, 0.717) is 43.8 Å². The van der Waals surface area contributed by atoms with E-state index in [1.54, 1.807) is 33.4 Å². The quantitative estimate of drug-likeness (QED) is 0.671. The molecule has 0 radical (unpaired) electrons. The fourth-order valence-corrected chi connectivity index (χ4v) is 3.21. The second-order valence-corrected chi connectivity index (χ2v) is 6.69. The molecular formula is C21H26N4O3. The van der Waals surface area contributed by atoms with Crippen molar-refractivity contribution in [2.45, 2.75) is 39.7 Å². The Bertz CT molecular complexity index is 900. The van der Waals surface area contributed by atoms with Gasteiger partial charge in [-0.3, -0.25) is 14.6 Å². The number of hydrogen-bond donors (Lipinski definition) is 1. The minimum absolute atomic E-state index is 0.0245. The highest BCUT2D eigenvalue weighted by molar-refractivity contribution is 5.76. The average Bonchev–Trinajstić information content (AvgIpc) is 2.68. The van der Waals surface area contributed by atoms with Gasteiger partial charge in [0.15, 0.2) is 0 Å². The van der Waals surface area contributed by atoms with Crippen molar-refractivity contribution >= 4 is 5.91 Å². The number of carbonyl (C=O) groups is 1. The van der Waals surface area contributed by atoms with Gasteiger partial charge in [-0.05, 0) is 55.5 Å². The molecule has 2 rings (SSSR count). The Morgan fingerprint density at radius 2 is 2.04 bits per heavy atom. The number of nitrogens with zero attached hydrogens (tertiary/aromatic N) is 3. The van der Waals surface area contributed by atoms with Crippen molar-refractivity contribution in [3.63, 3.8) is 0 Å². The molecule has 0 fully saturated rings. The van der Waals surface area contributed by atoms with Crippen molar-refractivity contribution in [2.75, 3.05) is 20.3 Å². The highest BCUT2D eigenvalue weighted by Crippen LogP contribution is 2.16. The number of nitrogens with one attached hydrogen (secondary N) is 1. The minimum atomic E-state index is -0.383. The molecule has 7 nitrogen and oxygen atoms in total. The predicted molar refractivity (Wildman–Crippen MR) is 106 cm³/mol. The Morgan fingerprint density at radius 3 is 2.68 bits per heavy atom.